The number of allylic oxidation sites excluding steroid dienone is 2. The number of nitrogens with zero attached hydrogens (tertiary/aromatic N) is 1. The number of anilines is 1. The molecule has 116 valence electrons. The van der Waals surface area contributed by atoms with Gasteiger partial charge < -0.3 is 10.6 Å². The minimum Gasteiger partial charge on any atom is -0.366 e. The maximum absolute atomic E-state index is 11.8. The van der Waals surface area contributed by atoms with Crippen molar-refractivity contribution in [1.82, 2.24) is 0 Å². The van der Waals surface area contributed by atoms with Gasteiger partial charge >= 0.3 is 0 Å². The van der Waals surface area contributed by atoms with E-state index in [0.717, 1.165) is 24.8 Å². The highest BCUT2D eigenvalue weighted by Gasteiger charge is 2.37. The highest BCUT2D eigenvalue weighted by atomic mass is 32.2. The van der Waals surface area contributed by atoms with Gasteiger partial charge in [0.15, 0.2) is 5.37 Å². The lowest BCUT2D eigenvalue weighted by Crippen LogP contribution is -2.44. The normalized spacial score (nSPS) is 20.7. The maximum Gasteiger partial charge on any atom is 0.291 e. The third-order valence-corrected chi connectivity index (χ3v) is 5.03. The molecule has 1 heterocycles. The Morgan fingerprint density at radius 1 is 1.27 bits per heavy atom. The minimum absolute atomic E-state index is 0.162. The molecule has 0 spiro atoms. The summed E-state index contributed by atoms with van der Waals surface area (Å²) in [5.41, 5.74) is 8.09. The Kier molecular flexibility index (Phi) is 3.54. The Morgan fingerprint density at radius 3 is 2.68 bits per heavy atom. The summed E-state index contributed by atoms with van der Waals surface area (Å²) in [6, 6.07) is 5.64. The third kappa shape index (κ3) is 2.53. The van der Waals surface area contributed by atoms with Gasteiger partial charge in [0.05, 0.1) is 5.57 Å². The molecule has 0 saturated carbocycles. The zero-order chi connectivity index (χ0) is 15.9. The predicted molar refractivity (Wildman–Crippen MR) is 82.7 cm³/mol. The van der Waals surface area contributed by atoms with Gasteiger partial charge in [0, 0.05) is 11.9 Å². The summed E-state index contributed by atoms with van der Waals surface area (Å²) in [5, 5.41) is -1.52. The van der Waals surface area contributed by atoms with Gasteiger partial charge in [-0.15, -0.1) is 0 Å². The van der Waals surface area contributed by atoms with E-state index < -0.39 is 21.4 Å². The molecule has 7 heteroatoms. The van der Waals surface area contributed by atoms with Crippen molar-refractivity contribution in [2.75, 3.05) is 4.90 Å². The molecule has 22 heavy (non-hydrogen) atoms. The first-order valence-electron chi connectivity index (χ1n) is 6.92. The SMILES string of the molecule is NC(=O)C1=CC=CN(c2ccc3c(c2)CCC3)C1S(=O)(=O)O. The van der Waals surface area contributed by atoms with Crippen molar-refractivity contribution < 1.29 is 17.8 Å². The van der Waals surface area contributed by atoms with Crippen LogP contribution in [-0.2, 0) is 27.8 Å². The highest BCUT2D eigenvalue weighted by molar-refractivity contribution is 7.86. The quantitative estimate of drug-likeness (QED) is 0.813. The van der Waals surface area contributed by atoms with Crippen molar-refractivity contribution in [3.05, 3.63) is 53.3 Å². The summed E-state index contributed by atoms with van der Waals surface area (Å²) in [7, 11) is -4.53. The van der Waals surface area contributed by atoms with Crippen LogP contribution in [0, 0.1) is 0 Å². The lowest BCUT2D eigenvalue weighted by Gasteiger charge is -2.31. The fourth-order valence-corrected chi connectivity index (χ4v) is 3.99. The largest absolute Gasteiger partial charge is 0.366 e. The van der Waals surface area contributed by atoms with Gasteiger partial charge in [-0.25, -0.2) is 0 Å². The lowest BCUT2D eigenvalue weighted by molar-refractivity contribution is -0.114. The summed E-state index contributed by atoms with van der Waals surface area (Å²) in [5.74, 6) is -0.877. The van der Waals surface area contributed by atoms with Crippen LogP contribution in [0.3, 0.4) is 0 Å². The van der Waals surface area contributed by atoms with Gasteiger partial charge in [0.25, 0.3) is 10.1 Å². The van der Waals surface area contributed by atoms with Gasteiger partial charge in [0.1, 0.15) is 0 Å². The second kappa shape index (κ2) is 5.26. The fourth-order valence-electron chi connectivity index (χ4n) is 3.00. The van der Waals surface area contributed by atoms with E-state index in [2.05, 4.69) is 0 Å². The number of carbonyl (C=O) groups is 1. The number of fused-ring (bicyclic) bond motifs is 1. The van der Waals surface area contributed by atoms with Gasteiger partial charge in [-0.3, -0.25) is 9.35 Å². The van der Waals surface area contributed by atoms with Crippen molar-refractivity contribution in [2.24, 2.45) is 5.73 Å². The average Bonchev–Trinajstić information content (AvgIpc) is 2.92. The first-order chi connectivity index (χ1) is 10.4. The fraction of sp³-hybridized carbons (Fsp3) is 0.267. The van der Waals surface area contributed by atoms with Crippen LogP contribution in [0.15, 0.2) is 42.1 Å². The number of carbonyl (C=O) groups excluding carboxylic acids is 1. The number of amides is 1. The van der Waals surface area contributed by atoms with Crippen LogP contribution in [0.25, 0.3) is 0 Å². The molecule has 1 aliphatic heterocycles. The smallest absolute Gasteiger partial charge is 0.291 e. The van der Waals surface area contributed by atoms with E-state index >= 15 is 0 Å². The second-order valence-corrected chi connectivity index (χ2v) is 6.89. The van der Waals surface area contributed by atoms with E-state index in [1.54, 1.807) is 6.07 Å². The zero-order valence-corrected chi connectivity index (χ0v) is 12.6. The molecule has 6 nitrogen and oxygen atoms in total. The molecule has 0 aromatic heterocycles. The first kappa shape index (κ1) is 14.8. The Labute approximate surface area is 128 Å². The number of hydrogen-bond acceptors (Lipinski definition) is 4. The van der Waals surface area contributed by atoms with Crippen LogP contribution >= 0.6 is 0 Å². The van der Waals surface area contributed by atoms with E-state index in [0.29, 0.717) is 5.69 Å². The molecular weight excluding hydrogens is 304 g/mol. The number of benzene rings is 1. The predicted octanol–water partition coefficient (Wildman–Crippen LogP) is 1.13. The van der Waals surface area contributed by atoms with Crippen molar-refractivity contribution in [1.29, 1.82) is 0 Å². The molecule has 2 aliphatic rings. The number of primary amides is 1. The van der Waals surface area contributed by atoms with E-state index in [4.69, 9.17) is 5.73 Å². The molecule has 1 aromatic carbocycles. The van der Waals surface area contributed by atoms with Crippen molar-refractivity contribution in [3.8, 4) is 0 Å². The molecule has 0 saturated heterocycles. The number of nitrogens with two attached hydrogens (primary N) is 1. The van der Waals surface area contributed by atoms with Gasteiger partial charge in [-0.1, -0.05) is 6.07 Å². The molecule has 0 bridgehead atoms. The topological polar surface area (TPSA) is 101 Å². The molecule has 1 atom stereocenters. The van der Waals surface area contributed by atoms with Gasteiger partial charge in [-0.2, -0.15) is 8.42 Å². The third-order valence-electron chi connectivity index (χ3n) is 3.99. The van der Waals surface area contributed by atoms with E-state index in [1.807, 2.05) is 12.1 Å². The summed E-state index contributed by atoms with van der Waals surface area (Å²) in [6.45, 7) is 0. The first-order valence-corrected chi connectivity index (χ1v) is 8.43. The summed E-state index contributed by atoms with van der Waals surface area (Å²) >= 11 is 0. The Balaban J connectivity index is 2.07. The van der Waals surface area contributed by atoms with E-state index in [1.165, 1.54) is 28.8 Å². The van der Waals surface area contributed by atoms with E-state index in [-0.39, 0.29) is 5.57 Å². The van der Waals surface area contributed by atoms with Crippen LogP contribution in [0.1, 0.15) is 17.5 Å². The average molecular weight is 320 g/mol. The maximum atomic E-state index is 11.8. The van der Waals surface area contributed by atoms with E-state index in [9.17, 15) is 17.8 Å². The van der Waals surface area contributed by atoms with Crippen LogP contribution in [-0.4, -0.2) is 24.3 Å². The standard InChI is InChI=1S/C15H16N2O4S/c16-14(18)13-5-2-8-17(15(13)22(19,20)21)12-7-6-10-3-1-4-11(10)9-12/h2,5-9,15H,1,3-4H2,(H2,16,18)(H,19,20,21). The molecule has 3 rings (SSSR count). The zero-order valence-electron chi connectivity index (χ0n) is 11.8. The van der Waals surface area contributed by atoms with Gasteiger partial charge in [-0.05, 0) is 54.7 Å². The summed E-state index contributed by atoms with van der Waals surface area (Å²) in [6.07, 6.45) is 7.39. The molecule has 1 amide bonds. The molecular formula is C15H16N2O4S. The summed E-state index contributed by atoms with van der Waals surface area (Å²) in [4.78, 5) is 12.8. The lowest BCUT2D eigenvalue weighted by atomic mass is 10.1. The Hall–Kier alpha value is -2.12. The van der Waals surface area contributed by atoms with Crippen LogP contribution in [0.5, 0.6) is 0 Å². The molecule has 0 fully saturated rings. The second-order valence-electron chi connectivity index (χ2n) is 5.41. The molecule has 1 aliphatic carbocycles. The monoisotopic (exact) mass is 320 g/mol. The summed E-state index contributed by atoms with van der Waals surface area (Å²) < 4.78 is 33.0. The number of aryl methyl sites for hydroxylation is 2. The Bertz CT molecular complexity index is 796. The van der Waals surface area contributed by atoms with Crippen molar-refractivity contribution in [3.63, 3.8) is 0 Å². The molecule has 1 unspecified atom stereocenters. The minimum atomic E-state index is -4.53. The van der Waals surface area contributed by atoms with Gasteiger partial charge in [0.2, 0.25) is 5.91 Å². The number of hydrogen-bond donors (Lipinski definition) is 2. The van der Waals surface area contributed by atoms with Crippen molar-refractivity contribution in [2.45, 2.75) is 24.6 Å². The van der Waals surface area contributed by atoms with Crippen molar-refractivity contribution >= 4 is 21.7 Å². The number of rotatable bonds is 3. The van der Waals surface area contributed by atoms with Crippen LogP contribution < -0.4 is 10.6 Å². The van der Waals surface area contributed by atoms with Crippen LogP contribution in [0.2, 0.25) is 0 Å². The molecule has 1 aromatic rings. The highest BCUT2D eigenvalue weighted by Crippen LogP contribution is 2.31. The van der Waals surface area contributed by atoms with Crippen LogP contribution in [0.4, 0.5) is 5.69 Å². The Morgan fingerprint density at radius 2 is 2.00 bits per heavy atom. The molecule has 3 N–H and O–H groups in total. The molecule has 0 radical (unpaired) electrons.